The van der Waals surface area contributed by atoms with E-state index in [-0.39, 0.29) is 117 Å². The summed E-state index contributed by atoms with van der Waals surface area (Å²) in [5.74, 6) is -4.15. The van der Waals surface area contributed by atoms with Crippen molar-refractivity contribution < 1.29 is 99.7 Å². The number of rotatable bonds is 19. The van der Waals surface area contributed by atoms with Crippen molar-refractivity contribution in [3.63, 3.8) is 0 Å². The van der Waals surface area contributed by atoms with Crippen LogP contribution >= 0.6 is 0 Å². The van der Waals surface area contributed by atoms with E-state index in [2.05, 4.69) is 71.9 Å². The van der Waals surface area contributed by atoms with Gasteiger partial charge in [0.1, 0.15) is 41.2 Å². The van der Waals surface area contributed by atoms with Crippen molar-refractivity contribution in [1.82, 2.24) is 0 Å². The Morgan fingerprint density at radius 2 is 0.742 bits per heavy atom. The maximum absolute atomic E-state index is 14.7. The third-order valence-corrected chi connectivity index (χ3v) is 22.3. The molecule has 0 amide bonds. The molecule has 0 aromatic heterocycles. The molecule has 5 aromatic carbocycles. The van der Waals surface area contributed by atoms with Crippen LogP contribution in [0.2, 0.25) is 0 Å². The largest absolute Gasteiger partial charge is 0.507 e. The summed E-state index contributed by atoms with van der Waals surface area (Å²) in [7, 11) is 0. The van der Waals surface area contributed by atoms with Crippen LogP contribution in [0.15, 0.2) is 168 Å². The normalized spacial score (nSPS) is 20.0. The molecule has 5 aromatic rings. The molecule has 21 heteroatoms. The standard InChI is InChI=1S/C25H33FO4.C20H25FO2.C19H23FO2.C17H21FO2.C16H19FO2.2CO2/c1-6-7-8-9-20-13-23(29-18(4)27)25(24(14-20)30-19(5)28)22-12-16(2)10-11-21(22)17(3)15-26;1-11(2)16-8-7-12(3)9-17(16)18-13(4)10-14(5)19(21)20(18)23-15(6)22;1-11-6-7-16(14(4)20)17(9-11)19-13(3)8-12(2)10-18(19)22-15(5)21;1-9(2)12-6-5-10(3)7-13(12)15-14(19)8-11(4)16(18)17(15)20;1-9-4-5-12(11(3)17)13(6-9)16-14(18)7-10(2)8-15(16)19;2*2-1-3/h12-14,21-22H,3,6-11,15H2,1-2,4-5H3;9-10,16-17H,1,7-8H2,2-6H3;8-10,16-17H,4,6-7H2,1-3,5H3;7-8,12-13,19-20H,1,5-6H2,2-4H3;6-8,12-13,18-19H,3-5H2,1-2H3;;/t21-,22?;2*16-,17?;2*12-,13?;;/m00000../s1. The number of phenols is 4. The zero-order valence-electron chi connectivity index (χ0n) is 73.0. The first-order chi connectivity index (χ1) is 56.3. The molecular weight excluding hydrogens is 1540 g/mol. The molecule has 0 saturated heterocycles. The number of esters is 4. The number of ether oxygens (including phenoxy) is 4. The van der Waals surface area contributed by atoms with Gasteiger partial charge in [0.2, 0.25) is 0 Å². The minimum absolute atomic E-state index is 0.00861. The molecule has 0 saturated carbocycles. The number of benzene rings is 5. The van der Waals surface area contributed by atoms with Crippen LogP contribution in [0.5, 0.6) is 46.0 Å². The number of unbranched alkanes of at least 4 members (excludes halogenated alkanes) is 2. The average molecular weight is 1660 g/mol. The highest BCUT2D eigenvalue weighted by Crippen LogP contribution is 2.53. The number of carbonyl (C=O) groups excluding carboxylic acids is 8. The first-order valence-electron chi connectivity index (χ1n) is 40.5. The molecule has 0 heterocycles. The number of aryl methyl sites for hydroxylation is 7. The first-order valence-corrected chi connectivity index (χ1v) is 40.5. The van der Waals surface area contributed by atoms with Gasteiger partial charge in [0, 0.05) is 96.9 Å². The first kappa shape index (κ1) is 101. The van der Waals surface area contributed by atoms with Crippen LogP contribution in [0.25, 0.3) is 0 Å². The van der Waals surface area contributed by atoms with Crippen LogP contribution in [0.1, 0.15) is 263 Å². The minimum Gasteiger partial charge on any atom is -0.507 e. The van der Waals surface area contributed by atoms with Gasteiger partial charge in [-0.15, -0.1) is 0 Å². The zero-order valence-corrected chi connectivity index (χ0v) is 73.0. The SMILES string of the molecule is C=C(C)[C@@H]1CCC(C)=CC1c1c(C)cc(C)c(F)c1OC(C)=O.C=C(C)[C@@H]1CCC(C)=CC1c1c(O)cc(C)c(F)c1O.C=C(CF)[C@@H]1CCC(C)=CC1c1c(OC(C)=O)cc(CCCCC)cc1OC(C)=O.C=C(F)[C@@H]1CCC(C)=CC1c1c(C)cc(C)cc1OC(C)=O.C=C(F)[C@@H]1CCC(C)=CC1c1c(O)cc(C)cc1O.O=C=O.O=C=O. The lowest BCUT2D eigenvalue weighted by atomic mass is 9.73. The van der Waals surface area contributed by atoms with E-state index in [4.69, 9.17) is 38.1 Å². The molecule has 120 heavy (non-hydrogen) atoms. The number of allylic oxidation sites excluding steroid dienone is 15. The topological polar surface area (TPSA) is 254 Å². The van der Waals surface area contributed by atoms with Gasteiger partial charge in [0.05, 0.1) is 11.7 Å². The Labute approximate surface area is 705 Å². The number of aromatic hydroxyl groups is 4. The highest BCUT2D eigenvalue weighted by Gasteiger charge is 2.38. The summed E-state index contributed by atoms with van der Waals surface area (Å²) >= 11 is 0. The molecule has 5 aliphatic rings. The van der Waals surface area contributed by atoms with E-state index in [0.29, 0.717) is 45.9 Å². The molecule has 5 aliphatic carbocycles. The second kappa shape index (κ2) is 47.7. The van der Waals surface area contributed by atoms with E-state index in [9.17, 15) is 61.6 Å². The summed E-state index contributed by atoms with van der Waals surface area (Å²) in [5.41, 5.74) is 16.9. The lowest BCUT2D eigenvalue weighted by Gasteiger charge is -2.32. The molecular formula is C99H121F5O16. The predicted octanol–water partition coefficient (Wildman–Crippen LogP) is 24.5. The molecule has 5 unspecified atom stereocenters. The third kappa shape index (κ3) is 28.6. The second-order valence-corrected chi connectivity index (χ2v) is 32.4. The quantitative estimate of drug-likeness (QED) is 0.0197. The molecule has 16 nitrogen and oxygen atoms in total. The van der Waals surface area contributed by atoms with Crippen molar-refractivity contribution in [2.75, 3.05) is 6.67 Å². The van der Waals surface area contributed by atoms with E-state index in [0.717, 1.165) is 145 Å². The number of halogens is 5. The molecule has 10 rings (SSSR count). The van der Waals surface area contributed by atoms with E-state index < -0.39 is 47.8 Å². The van der Waals surface area contributed by atoms with E-state index >= 15 is 0 Å². The van der Waals surface area contributed by atoms with Gasteiger partial charge in [-0.3, -0.25) is 19.2 Å². The summed E-state index contributed by atoms with van der Waals surface area (Å²) in [6.45, 7) is 50.8. The van der Waals surface area contributed by atoms with Crippen molar-refractivity contribution >= 4 is 36.2 Å². The number of phenolic OH excluding ortho intramolecular Hbond substituents is 4. The van der Waals surface area contributed by atoms with Gasteiger partial charge in [0.25, 0.3) is 0 Å². The second-order valence-electron chi connectivity index (χ2n) is 32.4. The number of hydrogen-bond acceptors (Lipinski definition) is 16. The molecule has 0 bridgehead atoms. The highest BCUT2D eigenvalue weighted by molar-refractivity contribution is 5.74. The predicted molar refractivity (Wildman–Crippen MR) is 457 cm³/mol. The summed E-state index contributed by atoms with van der Waals surface area (Å²) < 4.78 is 91.5. The molecule has 0 aliphatic heterocycles. The average Bonchev–Trinajstić information content (AvgIpc) is 0.781. The van der Waals surface area contributed by atoms with Crippen molar-refractivity contribution in [3.8, 4) is 46.0 Å². The highest BCUT2D eigenvalue weighted by atomic mass is 19.1. The van der Waals surface area contributed by atoms with Crippen LogP contribution in [0, 0.1) is 82.8 Å². The minimum atomic E-state index is -0.658. The zero-order chi connectivity index (χ0) is 90.6. The Morgan fingerprint density at radius 1 is 0.408 bits per heavy atom. The van der Waals surface area contributed by atoms with Gasteiger partial charge in [-0.05, 0) is 266 Å². The summed E-state index contributed by atoms with van der Waals surface area (Å²) in [5, 5.41) is 40.4. The van der Waals surface area contributed by atoms with E-state index in [1.807, 2.05) is 97.9 Å². The fraction of sp³-hybridized carbons (Fsp3) is 0.434. The third-order valence-electron chi connectivity index (χ3n) is 22.3. The van der Waals surface area contributed by atoms with E-state index in [1.165, 1.54) is 57.4 Å². The Kier molecular flexibility index (Phi) is 40.3. The van der Waals surface area contributed by atoms with Gasteiger partial charge < -0.3 is 39.4 Å². The van der Waals surface area contributed by atoms with Gasteiger partial charge in [0.15, 0.2) is 23.1 Å². The fourth-order valence-corrected chi connectivity index (χ4v) is 16.7. The molecule has 10 atom stereocenters. The lowest BCUT2D eigenvalue weighted by molar-refractivity contribution is -0.193. The summed E-state index contributed by atoms with van der Waals surface area (Å²) in [6, 6.07) is 14.0. The number of alkyl halides is 1. The van der Waals surface area contributed by atoms with Gasteiger partial charge in [-0.1, -0.05) is 134 Å². The molecule has 648 valence electrons. The molecule has 0 radical (unpaired) electrons. The smallest absolute Gasteiger partial charge is 0.373 e. The summed E-state index contributed by atoms with van der Waals surface area (Å²) in [4.78, 5) is 79.1. The Morgan fingerprint density at radius 3 is 1.12 bits per heavy atom. The number of hydrogen-bond donors (Lipinski definition) is 4. The van der Waals surface area contributed by atoms with Gasteiger partial charge >= 0.3 is 36.2 Å². The van der Waals surface area contributed by atoms with Gasteiger partial charge in [-0.2, -0.15) is 19.2 Å². The molecule has 4 N–H and O–H groups in total. The van der Waals surface area contributed by atoms with Crippen molar-refractivity contribution in [2.24, 2.45) is 29.6 Å². The van der Waals surface area contributed by atoms with Crippen molar-refractivity contribution in [1.29, 1.82) is 0 Å². The molecule has 0 fully saturated rings. The fourth-order valence-electron chi connectivity index (χ4n) is 16.7. The van der Waals surface area contributed by atoms with Crippen LogP contribution in [-0.4, -0.2) is 63.3 Å². The Balaban J connectivity index is 0.000000312. The number of carbonyl (C=O) groups is 4. The maximum Gasteiger partial charge on any atom is 0.373 e. The monoisotopic (exact) mass is 1660 g/mol. The maximum atomic E-state index is 14.7. The summed E-state index contributed by atoms with van der Waals surface area (Å²) in [6.07, 6.45) is 23.2. The lowest BCUT2D eigenvalue weighted by Crippen LogP contribution is -2.21. The van der Waals surface area contributed by atoms with Crippen LogP contribution in [-0.2, 0) is 44.8 Å². The Bertz CT molecular complexity index is 4770. The van der Waals surface area contributed by atoms with Crippen LogP contribution in [0.3, 0.4) is 0 Å². The Hall–Kier alpha value is -11.0. The van der Waals surface area contributed by atoms with Crippen molar-refractivity contribution in [2.45, 2.75) is 244 Å². The van der Waals surface area contributed by atoms with Crippen LogP contribution < -0.4 is 18.9 Å². The van der Waals surface area contributed by atoms with Gasteiger partial charge in [-0.25, -0.2) is 22.0 Å². The molecule has 0 spiro atoms. The van der Waals surface area contributed by atoms with Crippen molar-refractivity contribution in [3.05, 3.63) is 246 Å². The van der Waals surface area contributed by atoms with E-state index in [1.54, 1.807) is 26.0 Å². The van der Waals surface area contributed by atoms with Crippen LogP contribution in [0.4, 0.5) is 22.0 Å².